The molecule has 0 aliphatic heterocycles. The monoisotopic (exact) mass is 1340 g/mol. The first kappa shape index (κ1) is 97.6. The highest BCUT2D eigenvalue weighted by Gasteiger charge is 2.28. The van der Waals surface area contributed by atoms with Gasteiger partial charge >= 0.3 is 15.6 Å². The Bertz CT molecular complexity index is 2080. The predicted molar refractivity (Wildman–Crippen MR) is 416 cm³/mol. The fourth-order valence-corrected chi connectivity index (χ4v) is 9.08. The Morgan fingerprint density at radius 3 is 0.409 bits per heavy atom. The zero-order chi connectivity index (χ0) is 72.1. The molecule has 11 nitrogen and oxygen atoms in total. The molecular formula is C80H144N4O7P2. The summed E-state index contributed by atoms with van der Waals surface area (Å²) in [6.45, 7) is 60.1. The first-order valence-corrected chi connectivity index (χ1v) is 37.4. The van der Waals surface area contributed by atoms with Gasteiger partial charge in [-0.25, -0.2) is 9.13 Å². The zero-order valence-corrected chi connectivity index (χ0v) is 65.9. The molecule has 0 amide bonds. The number of hydrogen-bond acceptors (Lipinski definition) is 7. The van der Waals surface area contributed by atoms with E-state index in [9.17, 15) is 9.13 Å². The van der Waals surface area contributed by atoms with Crippen LogP contribution < -0.4 is 21.3 Å². The first-order chi connectivity index (χ1) is 43.4. The van der Waals surface area contributed by atoms with Crippen molar-refractivity contribution in [2.45, 2.75) is 269 Å². The summed E-state index contributed by atoms with van der Waals surface area (Å²) < 4.78 is 22.2. The average molecular weight is 1340 g/mol. The molecule has 536 valence electrons. The Labute approximate surface area is 574 Å². The van der Waals surface area contributed by atoms with E-state index in [0.717, 1.165) is 104 Å². The van der Waals surface area contributed by atoms with Crippen LogP contribution in [0.4, 0.5) is 0 Å². The second kappa shape index (κ2) is 65.2. The Hall–Kier alpha value is -4.06. The molecule has 0 aliphatic rings. The van der Waals surface area contributed by atoms with Crippen molar-refractivity contribution in [2.24, 2.45) is 0 Å². The van der Waals surface area contributed by atoms with Crippen LogP contribution in [0.15, 0.2) is 186 Å². The molecule has 0 aromatic rings. The third-order valence-electron chi connectivity index (χ3n) is 13.7. The fraction of sp³-hybridized carbons (Fsp3) is 0.600. The van der Waals surface area contributed by atoms with Gasteiger partial charge in [-0.1, -0.05) is 186 Å². The van der Waals surface area contributed by atoms with Crippen molar-refractivity contribution in [2.75, 3.05) is 52.4 Å². The van der Waals surface area contributed by atoms with Crippen LogP contribution in [0.5, 0.6) is 0 Å². The molecule has 0 saturated carbocycles. The van der Waals surface area contributed by atoms with Crippen LogP contribution in [-0.4, -0.2) is 71.9 Å². The Morgan fingerprint density at radius 1 is 0.226 bits per heavy atom. The maximum absolute atomic E-state index is 9.63. The summed E-state index contributed by atoms with van der Waals surface area (Å²) in [5, 5.41) is 13.8. The molecule has 0 radical (unpaired) electrons. The van der Waals surface area contributed by atoms with Gasteiger partial charge in [0.1, 0.15) is 0 Å². The summed E-state index contributed by atoms with van der Waals surface area (Å²) >= 11 is 0. The van der Waals surface area contributed by atoms with E-state index >= 15 is 0 Å². The van der Waals surface area contributed by atoms with Gasteiger partial charge in [-0.05, 0) is 269 Å². The molecule has 0 aromatic carbocycles. The largest absolute Gasteiger partial charge is 0.478 e. The van der Waals surface area contributed by atoms with E-state index in [-0.39, 0.29) is 0 Å². The topological polar surface area (TPSA) is 172 Å². The minimum atomic E-state index is -5.05. The van der Waals surface area contributed by atoms with Crippen molar-refractivity contribution in [3.63, 3.8) is 0 Å². The molecule has 13 heteroatoms. The summed E-state index contributed by atoms with van der Waals surface area (Å²) in [4.78, 5) is 31.0. The van der Waals surface area contributed by atoms with Crippen molar-refractivity contribution >= 4 is 15.6 Å². The van der Waals surface area contributed by atoms with E-state index in [1.807, 2.05) is 0 Å². The second-order valence-electron chi connectivity index (χ2n) is 26.7. The maximum atomic E-state index is 9.63. The summed E-state index contributed by atoms with van der Waals surface area (Å²) in [6, 6.07) is 0. The van der Waals surface area contributed by atoms with Crippen LogP contribution >= 0.6 is 15.6 Å². The molecule has 93 heavy (non-hydrogen) atoms. The maximum Gasteiger partial charge on any atom is 0.478 e. The van der Waals surface area contributed by atoms with Crippen molar-refractivity contribution in [1.29, 1.82) is 0 Å². The Morgan fingerprint density at radius 2 is 0.333 bits per heavy atom. The third kappa shape index (κ3) is 96.7. The van der Waals surface area contributed by atoms with Crippen molar-refractivity contribution in [3.8, 4) is 0 Å². The molecule has 0 spiro atoms. The lowest BCUT2D eigenvalue weighted by atomic mass is 10.1. The van der Waals surface area contributed by atoms with Crippen LogP contribution in [0, 0.1) is 0 Å². The highest BCUT2D eigenvalue weighted by atomic mass is 31.3. The van der Waals surface area contributed by atoms with Gasteiger partial charge in [-0.3, -0.25) is 0 Å². The molecule has 0 heterocycles. The summed E-state index contributed by atoms with van der Waals surface area (Å²) in [7, 11) is -10.1. The van der Waals surface area contributed by atoms with Gasteiger partial charge in [-0.15, -0.1) is 0 Å². The second-order valence-corrected chi connectivity index (χ2v) is 29.3. The molecule has 0 saturated heterocycles. The minimum absolute atomic E-state index is 0.971. The lowest BCUT2D eigenvalue weighted by molar-refractivity contribution is 0.225. The van der Waals surface area contributed by atoms with Crippen LogP contribution in [-0.2, 0) is 13.4 Å². The predicted octanol–water partition coefficient (Wildman–Crippen LogP) is 23.0. The average Bonchev–Trinajstić information content (AvgIpc) is 2.94. The van der Waals surface area contributed by atoms with Gasteiger partial charge in [0.15, 0.2) is 0 Å². The molecule has 0 bridgehead atoms. The summed E-state index contributed by atoms with van der Waals surface area (Å²) in [5.41, 5.74) is 23.1. The molecule has 8 N–H and O–H groups in total. The Kier molecular flexibility index (Phi) is 68.5. The standard InChI is InChI=1S/4C20H35N.H4O7P2/c4*1-17(2)9-7-11-19(5)13-15-21-16-14-20(6)12-8-10-18(3)4;1-8(2,3)7-9(4,5)6/h4*9-10,13-14,21H,7-8,11-12,15-16H2,1-6H3;(H2,1,2,3)(H2,4,5,6)/b4*19-13+,20-14+;. The third-order valence-corrected chi connectivity index (χ3v) is 15.4. The van der Waals surface area contributed by atoms with Gasteiger partial charge < -0.3 is 40.8 Å². The molecular weight excluding hydrogens is 1190 g/mol. The molecule has 0 atom stereocenters. The van der Waals surface area contributed by atoms with Gasteiger partial charge in [0.25, 0.3) is 0 Å². The van der Waals surface area contributed by atoms with E-state index in [0.29, 0.717) is 0 Å². The SMILES string of the molecule is CC(C)=CCC/C(C)=C/CNC/C=C(\C)CCC=C(C)C.CC(C)=CCC/C(C)=C/CNC/C=C(\C)CCC=C(C)C.CC(C)=CCC/C(C)=C/CNC/C=C(\C)CCC=C(C)C.CC(C)=CCC/C(C)=C/CNC/C=C(\C)CCC=C(C)C.O=P(O)(O)OP(=O)(O)O. The molecule has 0 unspecified atom stereocenters. The number of hydrogen-bond donors (Lipinski definition) is 8. The van der Waals surface area contributed by atoms with E-state index in [1.165, 1.54) is 141 Å². The number of phosphoric acid groups is 2. The molecule has 0 aromatic heterocycles. The van der Waals surface area contributed by atoms with Gasteiger partial charge in [0.05, 0.1) is 0 Å². The quantitative estimate of drug-likeness (QED) is 0.0166. The molecule has 0 rings (SSSR count). The lowest BCUT2D eigenvalue weighted by Crippen LogP contribution is -2.13. The highest BCUT2D eigenvalue weighted by molar-refractivity contribution is 7.60. The van der Waals surface area contributed by atoms with E-state index in [1.54, 1.807) is 0 Å². The molecule has 0 aliphatic carbocycles. The fourth-order valence-electron chi connectivity index (χ4n) is 7.97. The minimum Gasteiger partial charge on any atom is -0.310 e. The molecule has 0 fully saturated rings. The van der Waals surface area contributed by atoms with Crippen molar-refractivity contribution < 1.29 is 33.0 Å². The Balaban J connectivity index is -0.000000354. The van der Waals surface area contributed by atoms with Gasteiger partial charge in [-0.2, -0.15) is 4.31 Å². The van der Waals surface area contributed by atoms with Gasteiger partial charge in [0, 0.05) is 52.4 Å². The lowest BCUT2D eigenvalue weighted by Gasteiger charge is -2.03. The van der Waals surface area contributed by atoms with E-state index in [2.05, 4.69) is 289 Å². The highest BCUT2D eigenvalue weighted by Crippen LogP contribution is 2.53. The van der Waals surface area contributed by atoms with Crippen LogP contribution in [0.2, 0.25) is 0 Å². The smallest absolute Gasteiger partial charge is 0.310 e. The van der Waals surface area contributed by atoms with Crippen molar-refractivity contribution in [1.82, 2.24) is 21.3 Å². The van der Waals surface area contributed by atoms with Gasteiger partial charge in [0.2, 0.25) is 0 Å². The van der Waals surface area contributed by atoms with Crippen LogP contribution in [0.1, 0.15) is 269 Å². The normalized spacial score (nSPS) is 12.4. The van der Waals surface area contributed by atoms with E-state index in [4.69, 9.17) is 19.6 Å². The number of nitrogens with one attached hydrogen (secondary N) is 4. The summed E-state index contributed by atoms with van der Waals surface area (Å²) in [5.74, 6) is 0. The summed E-state index contributed by atoms with van der Waals surface area (Å²) in [6.07, 6.45) is 55.6. The number of rotatable bonds is 42. The van der Waals surface area contributed by atoms with Crippen molar-refractivity contribution in [3.05, 3.63) is 186 Å². The number of allylic oxidation sites excluding steroid dienone is 24. The first-order valence-electron chi connectivity index (χ1n) is 34.3. The van der Waals surface area contributed by atoms with Crippen LogP contribution in [0.25, 0.3) is 0 Å². The zero-order valence-electron chi connectivity index (χ0n) is 64.1. The van der Waals surface area contributed by atoms with Crippen LogP contribution in [0.3, 0.4) is 0 Å². The van der Waals surface area contributed by atoms with E-state index < -0.39 is 15.6 Å².